The topological polar surface area (TPSA) is 41.1 Å². The molecule has 3 aromatic carbocycles. The molecule has 0 unspecified atom stereocenters. The van der Waals surface area contributed by atoms with Crippen LogP contribution in [-0.4, -0.2) is 12.6 Å². The van der Waals surface area contributed by atoms with Crippen molar-refractivity contribution in [2.75, 3.05) is 11.9 Å². The number of hydrogen-bond acceptors (Lipinski definition) is 1. The van der Waals surface area contributed by atoms with Crippen LogP contribution in [-0.2, 0) is 5.41 Å². The Kier molecular flexibility index (Phi) is 6.04. The van der Waals surface area contributed by atoms with Crippen LogP contribution in [0.1, 0.15) is 75.5 Å². The van der Waals surface area contributed by atoms with Crippen LogP contribution in [0.2, 0.25) is 0 Å². The van der Waals surface area contributed by atoms with E-state index in [-0.39, 0.29) is 11.4 Å². The maximum Gasteiger partial charge on any atom is 0.319 e. The minimum absolute atomic E-state index is 0.0245. The monoisotopic (exact) mass is 414 g/mol. The molecule has 1 aliphatic carbocycles. The molecule has 1 saturated carbocycles. The summed E-state index contributed by atoms with van der Waals surface area (Å²) in [6.45, 7) is 9.35. The van der Waals surface area contributed by atoms with E-state index in [1.165, 1.54) is 33.9 Å². The van der Waals surface area contributed by atoms with Crippen LogP contribution in [0, 0.1) is 0 Å². The van der Waals surface area contributed by atoms with E-state index >= 15 is 0 Å². The third kappa shape index (κ3) is 4.19. The quantitative estimate of drug-likeness (QED) is 0.435. The first-order valence-electron chi connectivity index (χ1n) is 11.6. The van der Waals surface area contributed by atoms with Crippen molar-refractivity contribution in [3.63, 3.8) is 0 Å². The van der Waals surface area contributed by atoms with Crippen LogP contribution in [0.3, 0.4) is 0 Å². The molecule has 1 aliphatic rings. The fraction of sp³-hybridized carbons (Fsp3) is 0.393. The maximum absolute atomic E-state index is 13.0. The largest absolute Gasteiger partial charge is 0.337 e. The zero-order valence-electron chi connectivity index (χ0n) is 19.2. The zero-order valence-corrected chi connectivity index (χ0v) is 19.2. The highest BCUT2D eigenvalue weighted by atomic mass is 16.2. The van der Waals surface area contributed by atoms with Gasteiger partial charge in [-0.3, -0.25) is 0 Å². The Bertz CT molecular complexity index is 1050. The van der Waals surface area contributed by atoms with Crippen LogP contribution < -0.4 is 10.6 Å². The normalized spacial score (nSPS) is 15.2. The molecule has 0 atom stereocenters. The molecule has 0 spiro atoms. The van der Waals surface area contributed by atoms with E-state index in [1.807, 2.05) is 0 Å². The number of amides is 2. The summed E-state index contributed by atoms with van der Waals surface area (Å²) in [5.74, 6) is 0.699. The molecule has 1 fully saturated rings. The van der Waals surface area contributed by atoms with Crippen LogP contribution in [0.5, 0.6) is 0 Å². The molecular formula is C28H34N2O. The molecule has 0 aromatic heterocycles. The van der Waals surface area contributed by atoms with Crippen molar-refractivity contribution in [3.8, 4) is 0 Å². The van der Waals surface area contributed by atoms with Gasteiger partial charge in [0.05, 0.1) is 0 Å². The van der Waals surface area contributed by atoms with Gasteiger partial charge in [-0.25, -0.2) is 4.79 Å². The van der Waals surface area contributed by atoms with E-state index in [9.17, 15) is 4.79 Å². The molecule has 31 heavy (non-hydrogen) atoms. The molecule has 2 amide bonds. The Morgan fingerprint density at radius 2 is 1.48 bits per heavy atom. The Morgan fingerprint density at radius 1 is 0.871 bits per heavy atom. The van der Waals surface area contributed by atoms with Crippen molar-refractivity contribution in [3.05, 3.63) is 77.4 Å². The van der Waals surface area contributed by atoms with Crippen molar-refractivity contribution < 1.29 is 4.79 Å². The van der Waals surface area contributed by atoms with Crippen molar-refractivity contribution in [2.45, 2.75) is 64.2 Å². The summed E-state index contributed by atoms with van der Waals surface area (Å²) in [4.78, 5) is 13.0. The molecule has 0 aliphatic heterocycles. The maximum atomic E-state index is 13.0. The summed E-state index contributed by atoms with van der Waals surface area (Å²) in [6.07, 6.45) is 3.43. The lowest BCUT2D eigenvalue weighted by molar-refractivity contribution is 0.223. The summed E-state index contributed by atoms with van der Waals surface area (Å²) in [5.41, 5.74) is 4.74. The van der Waals surface area contributed by atoms with Gasteiger partial charge >= 0.3 is 6.03 Å². The third-order valence-corrected chi connectivity index (χ3v) is 6.87. The zero-order chi connectivity index (χ0) is 22.0. The second kappa shape index (κ2) is 8.74. The van der Waals surface area contributed by atoms with Gasteiger partial charge in [-0.1, -0.05) is 94.8 Å². The van der Waals surface area contributed by atoms with Gasteiger partial charge in [-0.2, -0.15) is 0 Å². The van der Waals surface area contributed by atoms with Gasteiger partial charge in [0, 0.05) is 17.6 Å². The Balaban J connectivity index is 1.55. The Morgan fingerprint density at radius 3 is 2.10 bits per heavy atom. The number of carbonyl (C=O) groups is 1. The summed E-state index contributed by atoms with van der Waals surface area (Å²) < 4.78 is 0. The molecule has 3 aromatic rings. The predicted octanol–water partition coefficient (Wildman–Crippen LogP) is 7.33. The van der Waals surface area contributed by atoms with Gasteiger partial charge < -0.3 is 10.6 Å². The van der Waals surface area contributed by atoms with E-state index in [2.05, 4.69) is 99.0 Å². The Labute approximate surface area is 186 Å². The van der Waals surface area contributed by atoms with Gasteiger partial charge in [0.1, 0.15) is 0 Å². The molecular weight excluding hydrogens is 380 g/mol. The number of carbonyl (C=O) groups excluding carboxylic acids is 1. The van der Waals surface area contributed by atoms with Gasteiger partial charge in [-0.15, -0.1) is 0 Å². The Hall–Kier alpha value is -2.81. The van der Waals surface area contributed by atoms with E-state index < -0.39 is 0 Å². The lowest BCUT2D eigenvalue weighted by Gasteiger charge is -2.43. The molecule has 0 bridgehead atoms. The smallest absolute Gasteiger partial charge is 0.319 e. The SMILES string of the molecule is CC(C)c1cccc(C(C)C)c1NC(=O)NCC1(c2cccc3ccccc23)CCC1. The van der Waals surface area contributed by atoms with Gasteiger partial charge in [0.2, 0.25) is 0 Å². The number of fused-ring (bicyclic) bond motifs is 1. The van der Waals surface area contributed by atoms with Gasteiger partial charge in [-0.05, 0) is 52.1 Å². The molecule has 4 rings (SSSR count). The number of hydrogen-bond donors (Lipinski definition) is 2. The molecule has 3 heteroatoms. The van der Waals surface area contributed by atoms with E-state index in [1.54, 1.807) is 0 Å². The van der Waals surface area contributed by atoms with Crippen LogP contribution in [0.15, 0.2) is 60.7 Å². The van der Waals surface area contributed by atoms with Crippen LogP contribution >= 0.6 is 0 Å². The minimum Gasteiger partial charge on any atom is -0.337 e. The average molecular weight is 415 g/mol. The highest BCUT2D eigenvalue weighted by Gasteiger charge is 2.39. The van der Waals surface area contributed by atoms with E-state index in [0.717, 1.165) is 18.5 Å². The minimum atomic E-state index is -0.110. The summed E-state index contributed by atoms with van der Waals surface area (Å²) in [5, 5.41) is 8.99. The lowest BCUT2D eigenvalue weighted by Crippen LogP contribution is -2.46. The summed E-state index contributed by atoms with van der Waals surface area (Å²) in [6, 6.07) is 21.3. The molecule has 2 N–H and O–H groups in total. The number of urea groups is 1. The molecule has 0 saturated heterocycles. The fourth-order valence-corrected chi connectivity index (χ4v) is 4.94. The lowest BCUT2D eigenvalue weighted by atomic mass is 9.63. The first-order chi connectivity index (χ1) is 14.9. The number of para-hydroxylation sites is 1. The van der Waals surface area contributed by atoms with Gasteiger partial charge in [0.25, 0.3) is 0 Å². The average Bonchev–Trinajstić information content (AvgIpc) is 2.73. The van der Waals surface area contributed by atoms with Crippen molar-refractivity contribution >= 4 is 22.5 Å². The molecule has 3 nitrogen and oxygen atoms in total. The fourth-order valence-electron chi connectivity index (χ4n) is 4.94. The molecule has 0 radical (unpaired) electrons. The molecule has 162 valence electrons. The standard InChI is InChI=1S/C28H34N2O/c1-19(2)22-13-8-14-23(20(3)4)26(22)30-27(31)29-18-28(16-9-17-28)25-15-7-11-21-10-5-6-12-24(21)25/h5-8,10-15,19-20H,9,16-18H2,1-4H3,(H2,29,30,31). The summed E-state index contributed by atoms with van der Waals surface area (Å²) >= 11 is 0. The van der Waals surface area contributed by atoms with Crippen LogP contribution in [0.25, 0.3) is 10.8 Å². The first-order valence-corrected chi connectivity index (χ1v) is 11.6. The second-order valence-electron chi connectivity index (χ2n) is 9.59. The van der Waals surface area contributed by atoms with E-state index in [4.69, 9.17) is 0 Å². The molecule has 0 heterocycles. The van der Waals surface area contributed by atoms with Crippen LogP contribution in [0.4, 0.5) is 10.5 Å². The highest BCUT2D eigenvalue weighted by Crippen LogP contribution is 2.45. The van der Waals surface area contributed by atoms with Crippen molar-refractivity contribution in [2.24, 2.45) is 0 Å². The van der Waals surface area contributed by atoms with Crippen molar-refractivity contribution in [1.29, 1.82) is 0 Å². The number of anilines is 1. The van der Waals surface area contributed by atoms with Crippen molar-refractivity contribution in [1.82, 2.24) is 5.32 Å². The summed E-state index contributed by atoms with van der Waals surface area (Å²) in [7, 11) is 0. The second-order valence-corrected chi connectivity index (χ2v) is 9.59. The highest BCUT2D eigenvalue weighted by molar-refractivity contribution is 5.92. The number of nitrogens with one attached hydrogen (secondary N) is 2. The third-order valence-electron chi connectivity index (χ3n) is 6.87. The predicted molar refractivity (Wildman–Crippen MR) is 131 cm³/mol. The number of rotatable bonds is 6. The first kappa shape index (κ1) is 21.4. The van der Waals surface area contributed by atoms with Gasteiger partial charge in [0.15, 0.2) is 0 Å². The number of benzene rings is 3. The van der Waals surface area contributed by atoms with E-state index in [0.29, 0.717) is 18.4 Å².